The molecule has 0 aliphatic rings. The Morgan fingerprint density at radius 2 is 1.18 bits per heavy atom. The van der Waals surface area contributed by atoms with Crippen LogP contribution in [0.4, 0.5) is 0 Å². The Morgan fingerprint density at radius 1 is 0.909 bits per heavy atom. The predicted molar refractivity (Wildman–Crippen MR) is 103 cm³/mol. The molecule has 0 saturated heterocycles. The SMILES string of the molecule is CCc1cc(C)c[cH-]1.CCc1cc(C)c[cH-]1.C[SiH]C.[Cl][Ti][Cl]. The summed E-state index contributed by atoms with van der Waals surface area (Å²) in [4.78, 5) is 0. The van der Waals surface area contributed by atoms with Gasteiger partial charge in [0.1, 0.15) is 0 Å². The first-order valence-electron chi connectivity index (χ1n) is 7.63. The minimum absolute atomic E-state index is 0.556. The standard InChI is InChI=1S/2C8H11.C2H7Si.2ClH.Ti/c2*1-3-8-5-4-7(2)6-8;1-3-2;;;/h2*4-6H,3H2,1-2H3;3H,1-2H3;2*1H;/q2*-1;;;;+2/p-2. The van der Waals surface area contributed by atoms with E-state index >= 15 is 0 Å². The molecule has 0 aliphatic carbocycles. The number of hydrogen-bond acceptors (Lipinski definition) is 0. The summed E-state index contributed by atoms with van der Waals surface area (Å²) in [5.74, 6) is 0. The van der Waals surface area contributed by atoms with Gasteiger partial charge in [0.05, 0.1) is 0 Å². The van der Waals surface area contributed by atoms with Gasteiger partial charge in [0.2, 0.25) is 0 Å². The van der Waals surface area contributed by atoms with E-state index in [1.54, 1.807) is 0 Å². The molecule has 0 fully saturated rings. The van der Waals surface area contributed by atoms with E-state index in [2.05, 4.69) is 77.2 Å². The average Bonchev–Trinajstić information content (AvgIpc) is 3.09. The quantitative estimate of drug-likeness (QED) is 0.407. The second-order valence-corrected chi connectivity index (χ2v) is 8.68. The van der Waals surface area contributed by atoms with Gasteiger partial charge in [0.15, 0.2) is 0 Å². The molecule has 0 heterocycles. The van der Waals surface area contributed by atoms with Crippen molar-refractivity contribution in [2.45, 2.75) is 53.6 Å². The van der Waals surface area contributed by atoms with Gasteiger partial charge in [-0.3, -0.25) is 0 Å². The molecule has 2 rings (SSSR count). The molecule has 0 aromatic heterocycles. The average molecular weight is 392 g/mol. The van der Waals surface area contributed by atoms with Crippen LogP contribution in [0.5, 0.6) is 0 Å². The van der Waals surface area contributed by atoms with Gasteiger partial charge in [-0.15, -0.1) is 0 Å². The van der Waals surface area contributed by atoms with Gasteiger partial charge in [-0.25, -0.2) is 23.3 Å². The molecule has 0 N–H and O–H groups in total. The zero-order valence-electron chi connectivity index (χ0n) is 14.7. The second kappa shape index (κ2) is 17.6. The number of hydrogen-bond donors (Lipinski definition) is 0. The molecule has 0 unspecified atom stereocenters. The van der Waals surface area contributed by atoms with Crippen molar-refractivity contribution in [1.82, 2.24) is 0 Å². The Bertz CT molecular complexity index is 407. The van der Waals surface area contributed by atoms with Crippen LogP contribution in [0.2, 0.25) is 13.1 Å². The Labute approximate surface area is 156 Å². The molecule has 0 bridgehead atoms. The molecule has 2 aromatic rings. The molecule has 22 heavy (non-hydrogen) atoms. The monoisotopic (exact) mass is 391 g/mol. The van der Waals surface area contributed by atoms with Crippen LogP contribution < -0.4 is 0 Å². The Hall–Kier alpha value is 0.211. The summed E-state index contributed by atoms with van der Waals surface area (Å²) < 4.78 is 0. The summed E-state index contributed by atoms with van der Waals surface area (Å²) in [6, 6.07) is 13.1. The van der Waals surface area contributed by atoms with E-state index in [1.807, 2.05) is 0 Å². The fourth-order valence-corrected chi connectivity index (χ4v) is 1.69. The van der Waals surface area contributed by atoms with Gasteiger partial charge in [-0.05, 0) is 0 Å². The van der Waals surface area contributed by atoms with E-state index in [9.17, 15) is 0 Å². The van der Waals surface area contributed by atoms with Gasteiger partial charge in [-0.2, -0.15) is 35.4 Å². The van der Waals surface area contributed by atoms with Crippen molar-refractivity contribution in [3.05, 3.63) is 58.7 Å². The maximum atomic E-state index is 4.89. The van der Waals surface area contributed by atoms with Gasteiger partial charge < -0.3 is 0 Å². The fraction of sp³-hybridized carbons (Fsp3) is 0.444. The van der Waals surface area contributed by atoms with Gasteiger partial charge in [-0.1, -0.05) is 53.6 Å². The number of rotatable bonds is 2. The Morgan fingerprint density at radius 3 is 1.27 bits per heavy atom. The summed E-state index contributed by atoms with van der Waals surface area (Å²) in [7, 11) is 10.5. The summed E-state index contributed by atoms with van der Waals surface area (Å²) in [5, 5.41) is 0. The summed E-state index contributed by atoms with van der Waals surface area (Å²) >= 11 is -0.556. The molecule has 125 valence electrons. The normalized spacial score (nSPS) is 8.55. The van der Waals surface area contributed by atoms with E-state index in [0.717, 1.165) is 22.4 Å². The molecule has 0 spiro atoms. The molecule has 1 radical (unpaired) electrons. The summed E-state index contributed by atoms with van der Waals surface area (Å²) in [6.07, 6.45) is 2.32. The maximum absolute atomic E-state index is 4.89. The summed E-state index contributed by atoms with van der Waals surface area (Å²) in [5.41, 5.74) is 5.65. The van der Waals surface area contributed by atoms with Crippen LogP contribution in [0.1, 0.15) is 36.1 Å². The molecule has 0 atom stereocenters. The molecular formula is C18H29Cl2SiTi-2. The minimum atomic E-state index is -0.556. The van der Waals surface area contributed by atoms with Gasteiger partial charge >= 0.3 is 35.6 Å². The van der Waals surface area contributed by atoms with E-state index in [0.29, 0.717) is 0 Å². The first-order chi connectivity index (χ1) is 10.5. The van der Waals surface area contributed by atoms with Crippen LogP contribution in [0.15, 0.2) is 36.4 Å². The van der Waals surface area contributed by atoms with Gasteiger partial charge in [0.25, 0.3) is 0 Å². The summed E-state index contributed by atoms with van der Waals surface area (Å²) in [6.45, 7) is 13.0. The van der Waals surface area contributed by atoms with Crippen LogP contribution in [-0.4, -0.2) is 9.52 Å². The van der Waals surface area contributed by atoms with Crippen molar-refractivity contribution in [2.75, 3.05) is 0 Å². The molecule has 0 nitrogen and oxygen atoms in total. The molecule has 0 saturated carbocycles. The van der Waals surface area contributed by atoms with Crippen molar-refractivity contribution in [3.8, 4) is 0 Å². The first-order valence-corrected chi connectivity index (χ1v) is 14.2. The van der Waals surface area contributed by atoms with Crippen LogP contribution in [-0.2, 0) is 29.9 Å². The molecule has 2 aromatic carbocycles. The van der Waals surface area contributed by atoms with Crippen LogP contribution in [0, 0.1) is 13.8 Å². The Balaban J connectivity index is 0. The number of aryl methyl sites for hydroxylation is 4. The topological polar surface area (TPSA) is 0 Å². The zero-order valence-corrected chi connectivity index (χ0v) is 18.9. The third kappa shape index (κ3) is 15.1. The zero-order chi connectivity index (χ0) is 17.4. The molecule has 0 amide bonds. The van der Waals surface area contributed by atoms with Crippen molar-refractivity contribution < 1.29 is 17.0 Å². The first kappa shape index (κ1) is 24.5. The second-order valence-electron chi connectivity index (χ2n) is 4.95. The molecule has 0 aliphatic heterocycles. The fourth-order valence-electron chi connectivity index (χ4n) is 1.69. The Kier molecular flexibility index (Phi) is 19.5. The van der Waals surface area contributed by atoms with E-state index in [1.165, 1.54) is 22.3 Å². The number of halogens is 2. The van der Waals surface area contributed by atoms with Crippen LogP contribution >= 0.6 is 18.6 Å². The van der Waals surface area contributed by atoms with Crippen molar-refractivity contribution in [1.29, 1.82) is 0 Å². The van der Waals surface area contributed by atoms with E-state index in [-0.39, 0.29) is 0 Å². The van der Waals surface area contributed by atoms with Crippen LogP contribution in [0.25, 0.3) is 0 Å². The molecular weight excluding hydrogens is 363 g/mol. The van der Waals surface area contributed by atoms with Crippen LogP contribution in [0.3, 0.4) is 0 Å². The van der Waals surface area contributed by atoms with E-state index < -0.39 is 17.0 Å². The van der Waals surface area contributed by atoms with Crippen molar-refractivity contribution >= 4 is 28.1 Å². The van der Waals surface area contributed by atoms with Gasteiger partial charge in [0, 0.05) is 9.52 Å². The van der Waals surface area contributed by atoms with Crippen molar-refractivity contribution in [3.63, 3.8) is 0 Å². The predicted octanol–water partition coefficient (Wildman–Crippen LogP) is 6.45. The third-order valence-corrected chi connectivity index (χ3v) is 2.76. The third-order valence-electron chi connectivity index (χ3n) is 2.76. The van der Waals surface area contributed by atoms with Crippen molar-refractivity contribution in [2.24, 2.45) is 0 Å². The van der Waals surface area contributed by atoms with E-state index in [4.69, 9.17) is 18.6 Å². The molecule has 4 heteroatoms.